The van der Waals surface area contributed by atoms with Gasteiger partial charge in [0.05, 0.1) is 10.4 Å². The molecule has 0 radical (unpaired) electrons. The molecule has 0 aliphatic carbocycles. The predicted octanol–water partition coefficient (Wildman–Crippen LogP) is 5.78. The molecule has 3 heterocycles. The van der Waals surface area contributed by atoms with Crippen molar-refractivity contribution in [1.82, 2.24) is 10.3 Å². The first-order valence-corrected chi connectivity index (χ1v) is 13.5. The number of thiophene rings is 1. The van der Waals surface area contributed by atoms with Crippen LogP contribution in [0.4, 0.5) is 11.4 Å². The number of piperidine rings is 1. The van der Waals surface area contributed by atoms with E-state index in [4.69, 9.17) is 0 Å². The Bertz CT molecular complexity index is 1320. The lowest BCUT2D eigenvalue weighted by Crippen LogP contribution is -2.36. The third-order valence-corrected chi connectivity index (χ3v) is 7.61. The first-order chi connectivity index (χ1) is 18.2. The van der Waals surface area contributed by atoms with Crippen LogP contribution < -0.4 is 15.5 Å². The summed E-state index contributed by atoms with van der Waals surface area (Å²) in [5, 5.41) is 7.84. The van der Waals surface area contributed by atoms with E-state index in [0.717, 1.165) is 43.6 Å². The number of nitrogens with zero attached hydrogens (tertiary/aromatic N) is 2. The summed E-state index contributed by atoms with van der Waals surface area (Å²) in [6.07, 6.45) is 6.69. The van der Waals surface area contributed by atoms with E-state index in [0.29, 0.717) is 28.6 Å². The highest BCUT2D eigenvalue weighted by molar-refractivity contribution is 7.12. The van der Waals surface area contributed by atoms with Crippen molar-refractivity contribution in [1.29, 1.82) is 0 Å². The van der Waals surface area contributed by atoms with Crippen molar-refractivity contribution in [3.8, 4) is 0 Å². The van der Waals surface area contributed by atoms with E-state index in [1.54, 1.807) is 24.5 Å². The zero-order valence-corrected chi connectivity index (χ0v) is 21.4. The lowest BCUT2D eigenvalue weighted by Gasteiger charge is -2.35. The largest absolute Gasteiger partial charge is 0.371 e. The van der Waals surface area contributed by atoms with E-state index < -0.39 is 0 Å². The van der Waals surface area contributed by atoms with Crippen LogP contribution >= 0.6 is 11.3 Å². The number of hydrogen-bond donors (Lipinski definition) is 2. The summed E-state index contributed by atoms with van der Waals surface area (Å²) in [5.41, 5.74) is 4.38. The number of amides is 2. The van der Waals surface area contributed by atoms with Crippen molar-refractivity contribution < 1.29 is 9.59 Å². The zero-order chi connectivity index (χ0) is 25.5. The number of rotatable bonds is 8. The van der Waals surface area contributed by atoms with E-state index in [9.17, 15) is 9.59 Å². The van der Waals surface area contributed by atoms with E-state index in [2.05, 4.69) is 50.8 Å². The second-order valence-corrected chi connectivity index (χ2v) is 10.3. The van der Waals surface area contributed by atoms with E-state index in [-0.39, 0.29) is 11.8 Å². The maximum absolute atomic E-state index is 13.4. The Hall–Kier alpha value is -3.97. The molecule has 0 bridgehead atoms. The van der Waals surface area contributed by atoms with Crippen LogP contribution in [0.1, 0.15) is 44.0 Å². The topological polar surface area (TPSA) is 74.3 Å². The Labute approximate surface area is 221 Å². The van der Waals surface area contributed by atoms with Crippen molar-refractivity contribution in [3.63, 3.8) is 0 Å². The van der Waals surface area contributed by atoms with Gasteiger partial charge in [-0.1, -0.05) is 42.5 Å². The molecule has 7 heteroatoms. The summed E-state index contributed by atoms with van der Waals surface area (Å²) < 4.78 is 0. The summed E-state index contributed by atoms with van der Waals surface area (Å²) in [7, 11) is 0. The van der Waals surface area contributed by atoms with Gasteiger partial charge in [-0.15, -0.1) is 11.3 Å². The van der Waals surface area contributed by atoms with Crippen LogP contribution in [-0.4, -0.2) is 29.9 Å². The number of hydrogen-bond acceptors (Lipinski definition) is 5. The van der Waals surface area contributed by atoms with Crippen LogP contribution in [0.5, 0.6) is 0 Å². The maximum Gasteiger partial charge on any atom is 0.265 e. The Morgan fingerprint density at radius 2 is 1.73 bits per heavy atom. The van der Waals surface area contributed by atoms with Gasteiger partial charge in [0, 0.05) is 43.4 Å². The predicted molar refractivity (Wildman–Crippen MR) is 149 cm³/mol. The van der Waals surface area contributed by atoms with Crippen molar-refractivity contribution in [2.45, 2.75) is 25.8 Å². The highest BCUT2D eigenvalue weighted by Crippen LogP contribution is 2.30. The van der Waals surface area contributed by atoms with Gasteiger partial charge >= 0.3 is 0 Å². The van der Waals surface area contributed by atoms with Crippen LogP contribution in [0.2, 0.25) is 0 Å². The molecule has 1 saturated heterocycles. The van der Waals surface area contributed by atoms with Gasteiger partial charge < -0.3 is 15.5 Å². The molecule has 2 aromatic carbocycles. The number of nitrogens with one attached hydrogen (secondary N) is 2. The van der Waals surface area contributed by atoms with E-state index >= 15 is 0 Å². The molecule has 0 unspecified atom stereocenters. The molecule has 37 heavy (non-hydrogen) atoms. The average Bonchev–Trinajstić information content (AvgIpc) is 3.49. The van der Waals surface area contributed by atoms with Crippen LogP contribution in [0.25, 0.3) is 0 Å². The standard InChI is InChI=1S/C30H30N4O2S/c35-29(32-21-24-8-4-14-31-20-24)26-19-25(33-30(36)28-9-5-17-37-28)10-11-27(26)34-15-12-23(13-16-34)18-22-6-2-1-3-7-22/h1-11,14,17,19-20,23H,12-13,15-16,18,21H2,(H,32,35)(H,33,36). The molecule has 1 aliphatic rings. The molecule has 2 aromatic heterocycles. The molecule has 0 atom stereocenters. The molecule has 0 saturated carbocycles. The molecule has 5 rings (SSSR count). The summed E-state index contributed by atoms with van der Waals surface area (Å²) >= 11 is 1.39. The highest BCUT2D eigenvalue weighted by atomic mass is 32.1. The molecule has 4 aromatic rings. The third-order valence-electron chi connectivity index (χ3n) is 6.74. The van der Waals surface area contributed by atoms with Crippen LogP contribution in [-0.2, 0) is 13.0 Å². The highest BCUT2D eigenvalue weighted by Gasteiger charge is 2.24. The van der Waals surface area contributed by atoms with Gasteiger partial charge in [-0.25, -0.2) is 0 Å². The summed E-state index contributed by atoms with van der Waals surface area (Å²) in [4.78, 5) is 33.1. The van der Waals surface area contributed by atoms with E-state index in [1.165, 1.54) is 16.9 Å². The fourth-order valence-corrected chi connectivity index (χ4v) is 5.40. The van der Waals surface area contributed by atoms with Gasteiger partial charge in [0.15, 0.2) is 0 Å². The minimum Gasteiger partial charge on any atom is -0.371 e. The number of benzene rings is 2. The zero-order valence-electron chi connectivity index (χ0n) is 20.6. The van der Waals surface area contributed by atoms with Crippen LogP contribution in [0.3, 0.4) is 0 Å². The van der Waals surface area contributed by atoms with Crippen molar-refractivity contribution in [2.75, 3.05) is 23.3 Å². The quantitative estimate of drug-likeness (QED) is 0.315. The van der Waals surface area contributed by atoms with Gasteiger partial charge in [-0.05, 0) is 72.0 Å². The van der Waals surface area contributed by atoms with E-state index in [1.807, 2.05) is 35.7 Å². The number of carbonyl (C=O) groups excluding carboxylic acids is 2. The number of carbonyl (C=O) groups is 2. The minimum absolute atomic E-state index is 0.169. The number of anilines is 2. The summed E-state index contributed by atoms with van der Waals surface area (Å²) in [5.74, 6) is 0.287. The second kappa shape index (κ2) is 11.8. The molecule has 0 spiro atoms. The summed E-state index contributed by atoms with van der Waals surface area (Å²) in [6.45, 7) is 2.17. The molecule has 188 valence electrons. The average molecular weight is 511 g/mol. The first kappa shape index (κ1) is 24.7. The van der Waals surface area contributed by atoms with Gasteiger partial charge in [-0.3, -0.25) is 14.6 Å². The molecule has 1 aliphatic heterocycles. The van der Waals surface area contributed by atoms with Gasteiger partial charge in [-0.2, -0.15) is 0 Å². The Morgan fingerprint density at radius 3 is 2.46 bits per heavy atom. The van der Waals surface area contributed by atoms with Gasteiger partial charge in [0.25, 0.3) is 11.8 Å². The molecular weight excluding hydrogens is 480 g/mol. The number of aromatic nitrogens is 1. The van der Waals surface area contributed by atoms with Gasteiger partial charge in [0.2, 0.25) is 0 Å². The minimum atomic E-state index is -0.175. The lowest BCUT2D eigenvalue weighted by atomic mass is 9.89. The first-order valence-electron chi connectivity index (χ1n) is 12.6. The molecule has 2 amide bonds. The van der Waals surface area contributed by atoms with Crippen molar-refractivity contribution in [3.05, 3.63) is 112 Å². The van der Waals surface area contributed by atoms with Crippen LogP contribution in [0.15, 0.2) is 90.6 Å². The van der Waals surface area contributed by atoms with Gasteiger partial charge in [0.1, 0.15) is 0 Å². The van der Waals surface area contributed by atoms with Crippen LogP contribution in [0, 0.1) is 5.92 Å². The molecule has 1 fully saturated rings. The van der Waals surface area contributed by atoms with Crippen molar-refractivity contribution >= 4 is 34.5 Å². The Kier molecular flexibility index (Phi) is 7.91. The maximum atomic E-state index is 13.4. The third kappa shape index (κ3) is 6.43. The monoisotopic (exact) mass is 510 g/mol. The fourth-order valence-electron chi connectivity index (χ4n) is 4.78. The smallest absolute Gasteiger partial charge is 0.265 e. The molecule has 2 N–H and O–H groups in total. The Balaban J connectivity index is 1.32. The summed E-state index contributed by atoms with van der Waals surface area (Å²) in [6, 6.07) is 23.7. The fraction of sp³-hybridized carbons (Fsp3) is 0.233. The lowest BCUT2D eigenvalue weighted by molar-refractivity contribution is 0.0950. The second-order valence-electron chi connectivity index (χ2n) is 9.33. The van der Waals surface area contributed by atoms with Crippen molar-refractivity contribution in [2.24, 2.45) is 5.92 Å². The Morgan fingerprint density at radius 1 is 0.919 bits per heavy atom. The number of pyridine rings is 1. The molecular formula is C30H30N4O2S. The SMILES string of the molecule is O=C(Nc1ccc(N2CCC(Cc3ccccc3)CC2)c(C(=O)NCc2cccnc2)c1)c1cccs1. The normalized spacial score (nSPS) is 13.8. The molecule has 6 nitrogen and oxygen atoms in total.